The number of benzene rings is 1. The highest BCUT2D eigenvalue weighted by Crippen LogP contribution is 2.21. The summed E-state index contributed by atoms with van der Waals surface area (Å²) in [6, 6.07) is 8.12. The van der Waals surface area contributed by atoms with Crippen molar-refractivity contribution >= 4 is 22.8 Å². The van der Waals surface area contributed by atoms with Gasteiger partial charge in [0.1, 0.15) is 0 Å². The molecule has 0 radical (unpaired) electrons. The first-order valence-corrected chi connectivity index (χ1v) is 7.06. The summed E-state index contributed by atoms with van der Waals surface area (Å²) in [6.07, 6.45) is 0. The van der Waals surface area contributed by atoms with Gasteiger partial charge in [-0.15, -0.1) is 0 Å². The molecule has 1 aromatic carbocycles. The summed E-state index contributed by atoms with van der Waals surface area (Å²) >= 11 is 0. The third-order valence-electron chi connectivity index (χ3n) is 3.75. The van der Waals surface area contributed by atoms with E-state index in [0.29, 0.717) is 12.2 Å². The normalized spacial score (nSPS) is 18.4. The smallest absolute Gasteiger partial charge is 0.328 e. The van der Waals surface area contributed by atoms with E-state index in [1.54, 1.807) is 6.07 Å². The molecule has 3 rings (SSSR count). The van der Waals surface area contributed by atoms with Crippen LogP contribution < -0.4 is 0 Å². The summed E-state index contributed by atoms with van der Waals surface area (Å²) in [5.41, 5.74) is 1.93. The number of aromatic nitrogens is 1. The molecule has 1 saturated heterocycles. The van der Waals surface area contributed by atoms with Gasteiger partial charge in [-0.25, -0.2) is 4.79 Å². The number of morpholine rings is 1. The van der Waals surface area contributed by atoms with E-state index in [1.807, 2.05) is 31.2 Å². The van der Waals surface area contributed by atoms with Crippen LogP contribution in [0.3, 0.4) is 0 Å². The number of pyridine rings is 1. The molecule has 1 amide bonds. The van der Waals surface area contributed by atoms with Crippen molar-refractivity contribution in [3.05, 3.63) is 41.6 Å². The van der Waals surface area contributed by atoms with Crippen LogP contribution in [0.25, 0.3) is 10.9 Å². The van der Waals surface area contributed by atoms with E-state index in [1.165, 1.54) is 4.90 Å². The van der Waals surface area contributed by atoms with Gasteiger partial charge in [-0.1, -0.05) is 18.2 Å². The highest BCUT2D eigenvalue weighted by atomic mass is 16.5. The van der Waals surface area contributed by atoms with Gasteiger partial charge in [-0.3, -0.25) is 9.78 Å². The molecule has 1 N–H and O–H groups in total. The molecule has 2 heterocycles. The third-order valence-corrected chi connectivity index (χ3v) is 3.75. The molecule has 6 nitrogen and oxygen atoms in total. The van der Waals surface area contributed by atoms with Gasteiger partial charge in [0.15, 0.2) is 6.04 Å². The first-order chi connectivity index (χ1) is 10.6. The van der Waals surface area contributed by atoms with Crippen molar-refractivity contribution in [1.29, 1.82) is 0 Å². The van der Waals surface area contributed by atoms with Crippen LogP contribution in [0.1, 0.15) is 16.1 Å². The van der Waals surface area contributed by atoms with Gasteiger partial charge in [0.2, 0.25) is 0 Å². The molecule has 0 aliphatic carbocycles. The number of rotatable bonds is 2. The zero-order chi connectivity index (χ0) is 15.7. The molecule has 1 atom stereocenters. The molecular formula is C16H16N2O4. The van der Waals surface area contributed by atoms with E-state index >= 15 is 0 Å². The number of ether oxygens (including phenoxy) is 1. The molecule has 1 fully saturated rings. The SMILES string of the molecule is Cc1cc(C(=O)N2CCOCC2C(=O)O)c2ccccc2n1. The fraction of sp³-hybridized carbons (Fsp3) is 0.312. The van der Waals surface area contributed by atoms with Crippen LogP contribution in [0, 0.1) is 6.92 Å². The molecule has 1 aromatic heterocycles. The summed E-state index contributed by atoms with van der Waals surface area (Å²) in [5.74, 6) is -1.35. The van der Waals surface area contributed by atoms with E-state index in [0.717, 1.165) is 16.6 Å². The highest BCUT2D eigenvalue weighted by Gasteiger charge is 2.33. The number of carboxylic acid groups (broad SMARTS) is 1. The Balaban J connectivity index is 2.06. The second-order valence-electron chi connectivity index (χ2n) is 5.26. The molecular weight excluding hydrogens is 284 g/mol. The Kier molecular flexibility index (Phi) is 3.77. The van der Waals surface area contributed by atoms with Gasteiger partial charge in [0.05, 0.1) is 24.3 Å². The van der Waals surface area contributed by atoms with Gasteiger partial charge in [0, 0.05) is 17.6 Å². The molecule has 22 heavy (non-hydrogen) atoms. The van der Waals surface area contributed by atoms with Gasteiger partial charge in [-0.2, -0.15) is 0 Å². The van der Waals surface area contributed by atoms with E-state index < -0.39 is 12.0 Å². The highest BCUT2D eigenvalue weighted by molar-refractivity contribution is 6.07. The van der Waals surface area contributed by atoms with Crippen LogP contribution in [0.5, 0.6) is 0 Å². The average molecular weight is 300 g/mol. The number of aryl methyl sites for hydroxylation is 1. The van der Waals surface area contributed by atoms with Crippen LogP contribution in [0.15, 0.2) is 30.3 Å². The van der Waals surface area contributed by atoms with Gasteiger partial charge in [0.25, 0.3) is 5.91 Å². The Morgan fingerprint density at radius 1 is 1.36 bits per heavy atom. The number of amides is 1. The van der Waals surface area contributed by atoms with E-state index in [-0.39, 0.29) is 19.1 Å². The van der Waals surface area contributed by atoms with Crippen molar-refractivity contribution in [2.45, 2.75) is 13.0 Å². The van der Waals surface area contributed by atoms with Gasteiger partial charge < -0.3 is 14.7 Å². The largest absolute Gasteiger partial charge is 0.480 e. The van der Waals surface area contributed by atoms with Crippen molar-refractivity contribution in [1.82, 2.24) is 9.88 Å². The molecule has 0 spiro atoms. The molecule has 1 unspecified atom stereocenters. The molecule has 1 aliphatic heterocycles. The number of carboxylic acids is 1. The maximum atomic E-state index is 12.9. The minimum Gasteiger partial charge on any atom is -0.480 e. The average Bonchev–Trinajstić information content (AvgIpc) is 2.53. The fourth-order valence-corrected chi connectivity index (χ4v) is 2.69. The summed E-state index contributed by atoms with van der Waals surface area (Å²) < 4.78 is 5.18. The first kappa shape index (κ1) is 14.5. The number of carbonyl (C=O) groups excluding carboxylic acids is 1. The van der Waals surface area contributed by atoms with Crippen molar-refractivity contribution in [2.24, 2.45) is 0 Å². The summed E-state index contributed by atoms with van der Waals surface area (Å²) in [6.45, 7) is 2.45. The maximum absolute atomic E-state index is 12.9. The van der Waals surface area contributed by atoms with Crippen LogP contribution in [-0.4, -0.2) is 52.7 Å². The lowest BCUT2D eigenvalue weighted by atomic mass is 10.1. The Morgan fingerprint density at radius 2 is 2.14 bits per heavy atom. The summed E-state index contributed by atoms with van der Waals surface area (Å²) in [7, 11) is 0. The van der Waals surface area contributed by atoms with Crippen LogP contribution in [0.2, 0.25) is 0 Å². The Labute approximate surface area is 127 Å². The molecule has 6 heteroatoms. The molecule has 114 valence electrons. The number of para-hydroxylation sites is 1. The lowest BCUT2D eigenvalue weighted by molar-refractivity contribution is -0.147. The summed E-state index contributed by atoms with van der Waals surface area (Å²) in [5, 5.41) is 10.0. The lowest BCUT2D eigenvalue weighted by Crippen LogP contribution is -2.52. The Hall–Kier alpha value is -2.47. The monoisotopic (exact) mass is 300 g/mol. The Morgan fingerprint density at radius 3 is 2.91 bits per heavy atom. The number of hydrogen-bond acceptors (Lipinski definition) is 4. The van der Waals surface area contributed by atoms with Crippen LogP contribution in [-0.2, 0) is 9.53 Å². The minimum atomic E-state index is -1.05. The fourth-order valence-electron chi connectivity index (χ4n) is 2.69. The van der Waals surface area contributed by atoms with Crippen molar-refractivity contribution in [2.75, 3.05) is 19.8 Å². The molecule has 1 aliphatic rings. The maximum Gasteiger partial charge on any atom is 0.328 e. The van der Waals surface area contributed by atoms with Crippen LogP contribution in [0.4, 0.5) is 0 Å². The predicted molar refractivity (Wildman–Crippen MR) is 79.8 cm³/mol. The number of fused-ring (bicyclic) bond motifs is 1. The number of carbonyl (C=O) groups is 2. The van der Waals surface area contributed by atoms with E-state index in [9.17, 15) is 14.7 Å². The Bertz CT molecular complexity index is 744. The van der Waals surface area contributed by atoms with Gasteiger partial charge >= 0.3 is 5.97 Å². The quantitative estimate of drug-likeness (QED) is 0.908. The molecule has 2 aromatic rings. The second kappa shape index (κ2) is 5.73. The number of nitrogens with zero attached hydrogens (tertiary/aromatic N) is 2. The lowest BCUT2D eigenvalue weighted by Gasteiger charge is -2.33. The number of aliphatic carboxylic acids is 1. The first-order valence-electron chi connectivity index (χ1n) is 7.06. The van der Waals surface area contributed by atoms with Crippen molar-refractivity contribution < 1.29 is 19.4 Å². The topological polar surface area (TPSA) is 79.7 Å². The summed E-state index contributed by atoms with van der Waals surface area (Å²) in [4.78, 5) is 30.0. The van der Waals surface area contributed by atoms with Gasteiger partial charge in [-0.05, 0) is 19.1 Å². The zero-order valence-corrected chi connectivity index (χ0v) is 12.2. The van der Waals surface area contributed by atoms with Crippen molar-refractivity contribution in [3.8, 4) is 0 Å². The van der Waals surface area contributed by atoms with E-state index in [4.69, 9.17) is 4.74 Å². The minimum absolute atomic E-state index is 0.0169. The molecule has 0 saturated carbocycles. The van der Waals surface area contributed by atoms with Crippen molar-refractivity contribution in [3.63, 3.8) is 0 Å². The predicted octanol–water partition coefficient (Wildman–Crippen LogP) is 1.47. The zero-order valence-electron chi connectivity index (χ0n) is 12.2. The number of hydrogen-bond donors (Lipinski definition) is 1. The van der Waals surface area contributed by atoms with Crippen LogP contribution >= 0.6 is 0 Å². The molecule has 0 bridgehead atoms. The van der Waals surface area contributed by atoms with E-state index in [2.05, 4.69) is 4.98 Å². The second-order valence-corrected chi connectivity index (χ2v) is 5.26. The third kappa shape index (κ3) is 2.53. The standard InChI is InChI=1S/C16H16N2O4/c1-10-8-12(11-4-2-3-5-13(11)17-10)15(19)18-6-7-22-9-14(18)16(20)21/h2-5,8,14H,6-7,9H2,1H3,(H,20,21).